The molecule has 2 amide bonds. The Labute approximate surface area is 150 Å². The summed E-state index contributed by atoms with van der Waals surface area (Å²) in [7, 11) is 0. The van der Waals surface area contributed by atoms with Crippen molar-refractivity contribution in [1.29, 1.82) is 0 Å². The number of carboxylic acid groups (broad SMARTS) is 1. The lowest BCUT2D eigenvalue weighted by Crippen LogP contribution is -2.52. The second kappa shape index (κ2) is 6.68. The first-order valence-corrected chi connectivity index (χ1v) is 8.52. The Kier molecular flexibility index (Phi) is 4.70. The van der Waals surface area contributed by atoms with Crippen molar-refractivity contribution in [1.82, 2.24) is 4.90 Å². The van der Waals surface area contributed by atoms with Gasteiger partial charge in [0.1, 0.15) is 5.82 Å². The average molecular weight is 364 g/mol. The van der Waals surface area contributed by atoms with E-state index in [4.69, 9.17) is 5.11 Å². The molecule has 2 heterocycles. The Bertz CT molecular complexity index is 758. The lowest BCUT2D eigenvalue weighted by Gasteiger charge is -2.36. The number of aliphatic carboxylic acids is 1. The molecule has 0 aliphatic carbocycles. The van der Waals surface area contributed by atoms with Crippen LogP contribution in [0.4, 0.5) is 10.1 Å². The molecule has 26 heavy (non-hydrogen) atoms. The van der Waals surface area contributed by atoms with Gasteiger partial charge in [0.2, 0.25) is 11.8 Å². The lowest BCUT2D eigenvalue weighted by molar-refractivity contribution is -0.165. The van der Waals surface area contributed by atoms with Gasteiger partial charge in [-0.15, -0.1) is 0 Å². The first-order valence-electron chi connectivity index (χ1n) is 8.52. The van der Waals surface area contributed by atoms with Crippen LogP contribution in [0.2, 0.25) is 0 Å². The van der Waals surface area contributed by atoms with Crippen LogP contribution in [0.5, 0.6) is 0 Å². The fourth-order valence-electron chi connectivity index (χ4n) is 3.49. The molecule has 1 atom stereocenters. The average Bonchev–Trinajstić information content (AvgIpc) is 2.99. The minimum absolute atomic E-state index is 0.0321. The van der Waals surface area contributed by atoms with Crippen LogP contribution in [0.25, 0.3) is 0 Å². The molecule has 0 spiro atoms. The van der Waals surface area contributed by atoms with Crippen LogP contribution in [0.3, 0.4) is 0 Å². The number of hydrogen-bond donors (Lipinski definition) is 2. The summed E-state index contributed by atoms with van der Waals surface area (Å²) in [6.45, 7) is 2.10. The molecule has 8 heteroatoms. The molecule has 0 saturated carbocycles. The summed E-state index contributed by atoms with van der Waals surface area (Å²) in [6, 6.07) is 4.39. The molecule has 7 nitrogen and oxygen atoms in total. The number of hydrogen-bond acceptors (Lipinski definition) is 4. The SMILES string of the molecule is Cc1cc(N2CC(C(=O)N3CCC(O)(C(=O)O)CC3)CC2=O)ccc1F. The number of anilines is 1. The molecule has 1 aromatic rings. The molecule has 2 aliphatic rings. The van der Waals surface area contributed by atoms with Gasteiger partial charge in [-0.2, -0.15) is 0 Å². The zero-order chi connectivity index (χ0) is 19.1. The Morgan fingerprint density at radius 2 is 1.92 bits per heavy atom. The van der Waals surface area contributed by atoms with E-state index in [2.05, 4.69) is 0 Å². The highest BCUT2D eigenvalue weighted by atomic mass is 19.1. The molecule has 0 bridgehead atoms. The standard InChI is InChI=1S/C18H21FN2O5/c1-11-8-13(2-3-14(11)19)21-10-12(9-15(21)22)16(23)20-6-4-18(26,5-7-20)17(24)25/h2-3,8,12,26H,4-7,9-10H2,1H3,(H,24,25). The summed E-state index contributed by atoms with van der Waals surface area (Å²) in [5.74, 6) is -2.57. The van der Waals surface area contributed by atoms with Crippen molar-refractivity contribution in [2.45, 2.75) is 31.8 Å². The summed E-state index contributed by atoms with van der Waals surface area (Å²) < 4.78 is 13.4. The smallest absolute Gasteiger partial charge is 0.335 e. The van der Waals surface area contributed by atoms with Crippen molar-refractivity contribution in [3.05, 3.63) is 29.6 Å². The Hall–Kier alpha value is -2.48. The fourth-order valence-corrected chi connectivity index (χ4v) is 3.49. The molecule has 2 saturated heterocycles. The number of nitrogens with zero attached hydrogens (tertiary/aromatic N) is 2. The maximum absolute atomic E-state index is 13.4. The fraction of sp³-hybridized carbons (Fsp3) is 0.500. The van der Waals surface area contributed by atoms with Crippen LogP contribution < -0.4 is 4.90 Å². The molecule has 1 unspecified atom stereocenters. The van der Waals surface area contributed by atoms with E-state index < -0.39 is 17.5 Å². The number of amides is 2. The quantitative estimate of drug-likeness (QED) is 0.831. The summed E-state index contributed by atoms with van der Waals surface area (Å²) in [5.41, 5.74) is -0.808. The molecule has 2 fully saturated rings. The largest absolute Gasteiger partial charge is 0.479 e. The van der Waals surface area contributed by atoms with Crippen LogP contribution >= 0.6 is 0 Å². The molecule has 2 N–H and O–H groups in total. The summed E-state index contributed by atoms with van der Waals surface area (Å²) >= 11 is 0. The Balaban J connectivity index is 1.66. The molecule has 0 radical (unpaired) electrons. The van der Waals surface area contributed by atoms with Gasteiger partial charge >= 0.3 is 5.97 Å². The zero-order valence-corrected chi connectivity index (χ0v) is 14.4. The van der Waals surface area contributed by atoms with Crippen molar-refractivity contribution in [3.8, 4) is 0 Å². The number of halogens is 1. The van der Waals surface area contributed by atoms with Crippen molar-refractivity contribution >= 4 is 23.5 Å². The summed E-state index contributed by atoms with van der Waals surface area (Å²) in [5, 5.41) is 19.0. The van der Waals surface area contributed by atoms with Gasteiger partial charge in [-0.25, -0.2) is 9.18 Å². The molecule has 140 valence electrons. The molecule has 0 aromatic heterocycles. The normalized spacial score (nSPS) is 22.6. The highest BCUT2D eigenvalue weighted by molar-refractivity contribution is 6.00. The number of carbonyl (C=O) groups is 3. The molecule has 3 rings (SSSR count). The van der Waals surface area contributed by atoms with Gasteiger partial charge in [0.15, 0.2) is 5.60 Å². The number of carbonyl (C=O) groups excluding carboxylic acids is 2. The van der Waals surface area contributed by atoms with E-state index >= 15 is 0 Å². The highest BCUT2D eigenvalue weighted by Gasteiger charge is 2.43. The van der Waals surface area contributed by atoms with Crippen LogP contribution in [-0.4, -0.2) is 58.1 Å². The molecule has 1 aromatic carbocycles. The van der Waals surface area contributed by atoms with E-state index in [1.54, 1.807) is 13.0 Å². The summed E-state index contributed by atoms with van der Waals surface area (Å²) in [6.07, 6.45) is 0.000176. The van der Waals surface area contributed by atoms with Gasteiger partial charge in [0, 0.05) is 44.6 Å². The molecular formula is C18H21FN2O5. The van der Waals surface area contributed by atoms with Crippen LogP contribution in [0.1, 0.15) is 24.8 Å². The second-order valence-electron chi connectivity index (χ2n) is 7.00. The van der Waals surface area contributed by atoms with E-state index in [0.29, 0.717) is 11.3 Å². The number of benzene rings is 1. The molecular weight excluding hydrogens is 343 g/mol. The molecule has 2 aliphatic heterocycles. The lowest BCUT2D eigenvalue weighted by atomic mass is 9.91. The monoisotopic (exact) mass is 364 g/mol. The zero-order valence-electron chi connectivity index (χ0n) is 14.4. The van der Waals surface area contributed by atoms with E-state index in [1.807, 2.05) is 0 Å². The van der Waals surface area contributed by atoms with Gasteiger partial charge < -0.3 is 20.0 Å². The van der Waals surface area contributed by atoms with Crippen LogP contribution in [0, 0.1) is 18.7 Å². The van der Waals surface area contributed by atoms with Gasteiger partial charge in [-0.1, -0.05) is 0 Å². The predicted octanol–water partition coefficient (Wildman–Crippen LogP) is 0.925. The second-order valence-corrected chi connectivity index (χ2v) is 7.00. The Morgan fingerprint density at radius 3 is 2.50 bits per heavy atom. The van der Waals surface area contributed by atoms with E-state index in [1.165, 1.54) is 21.9 Å². The number of piperidine rings is 1. The number of carboxylic acids is 1. The van der Waals surface area contributed by atoms with Crippen LogP contribution in [0.15, 0.2) is 18.2 Å². The maximum atomic E-state index is 13.4. The van der Waals surface area contributed by atoms with Crippen molar-refractivity contribution in [2.24, 2.45) is 5.92 Å². The number of aryl methyl sites for hydroxylation is 1. The minimum atomic E-state index is -1.79. The third kappa shape index (κ3) is 3.29. The van der Waals surface area contributed by atoms with Crippen molar-refractivity contribution < 1.29 is 29.0 Å². The van der Waals surface area contributed by atoms with E-state index in [-0.39, 0.29) is 56.5 Å². The third-order valence-electron chi connectivity index (χ3n) is 5.23. The van der Waals surface area contributed by atoms with Gasteiger partial charge in [0.25, 0.3) is 0 Å². The highest BCUT2D eigenvalue weighted by Crippen LogP contribution is 2.29. The van der Waals surface area contributed by atoms with Crippen molar-refractivity contribution in [2.75, 3.05) is 24.5 Å². The van der Waals surface area contributed by atoms with Gasteiger partial charge in [-0.3, -0.25) is 9.59 Å². The minimum Gasteiger partial charge on any atom is -0.479 e. The van der Waals surface area contributed by atoms with Crippen molar-refractivity contribution in [3.63, 3.8) is 0 Å². The number of likely N-dealkylation sites (tertiary alicyclic amines) is 1. The van der Waals surface area contributed by atoms with Crippen LogP contribution in [-0.2, 0) is 14.4 Å². The van der Waals surface area contributed by atoms with Gasteiger partial charge in [0.05, 0.1) is 5.92 Å². The Morgan fingerprint density at radius 1 is 1.27 bits per heavy atom. The van der Waals surface area contributed by atoms with E-state index in [0.717, 1.165) is 0 Å². The first-order chi connectivity index (χ1) is 12.2. The number of aliphatic hydroxyl groups is 1. The van der Waals surface area contributed by atoms with E-state index in [9.17, 15) is 23.9 Å². The first kappa shape index (κ1) is 18.3. The predicted molar refractivity (Wildman–Crippen MR) is 90.0 cm³/mol. The topological polar surface area (TPSA) is 98.2 Å². The third-order valence-corrected chi connectivity index (χ3v) is 5.23. The summed E-state index contributed by atoms with van der Waals surface area (Å²) in [4.78, 5) is 39.0. The van der Waals surface area contributed by atoms with Gasteiger partial charge in [-0.05, 0) is 30.7 Å². The maximum Gasteiger partial charge on any atom is 0.335 e. The number of rotatable bonds is 3.